The Morgan fingerprint density at radius 2 is 1.26 bits per heavy atom. The van der Waals surface area contributed by atoms with E-state index < -0.39 is 0 Å². The molecule has 0 saturated heterocycles. The summed E-state index contributed by atoms with van der Waals surface area (Å²) < 4.78 is 0. The van der Waals surface area contributed by atoms with Crippen molar-refractivity contribution < 1.29 is 0 Å². The van der Waals surface area contributed by atoms with E-state index in [0.29, 0.717) is 11.9 Å². The molecule has 19 heavy (non-hydrogen) atoms. The monoisotopic (exact) mass is 285 g/mol. The van der Waals surface area contributed by atoms with Gasteiger partial charge in [0.1, 0.15) is 0 Å². The van der Waals surface area contributed by atoms with E-state index in [0.717, 1.165) is 38.8 Å². The maximum Gasteiger partial charge on any atom is 0.231 e. The van der Waals surface area contributed by atoms with Gasteiger partial charge in [-0.15, -0.1) is 0 Å². The number of anilines is 2. The second-order valence-corrected chi connectivity index (χ2v) is 5.09. The third kappa shape index (κ3) is 5.19. The van der Waals surface area contributed by atoms with Crippen LogP contribution in [0.5, 0.6) is 0 Å². The summed E-state index contributed by atoms with van der Waals surface area (Å²) in [4.78, 5) is 16.9. The van der Waals surface area contributed by atoms with Crippen LogP contribution in [-0.2, 0) is 0 Å². The Balaban J connectivity index is 2.80. The van der Waals surface area contributed by atoms with E-state index >= 15 is 0 Å². The van der Waals surface area contributed by atoms with Crippen molar-refractivity contribution in [1.29, 1.82) is 0 Å². The predicted octanol–water partition coefficient (Wildman–Crippen LogP) is 3.00. The van der Waals surface area contributed by atoms with Crippen LogP contribution >= 0.6 is 11.6 Å². The van der Waals surface area contributed by atoms with Gasteiger partial charge in [-0.25, -0.2) is 0 Å². The van der Waals surface area contributed by atoms with Crippen molar-refractivity contribution >= 4 is 23.5 Å². The van der Waals surface area contributed by atoms with Crippen molar-refractivity contribution in [3.63, 3.8) is 0 Å². The number of halogens is 1. The van der Waals surface area contributed by atoms with Crippen molar-refractivity contribution in [3.8, 4) is 0 Å². The van der Waals surface area contributed by atoms with Crippen LogP contribution in [0.2, 0.25) is 5.28 Å². The normalized spacial score (nSPS) is 10.6. The average Bonchev–Trinajstić information content (AvgIpc) is 2.41. The molecule has 1 heterocycles. The minimum absolute atomic E-state index is 0.256. The van der Waals surface area contributed by atoms with Crippen molar-refractivity contribution in [2.24, 2.45) is 0 Å². The standard InChI is InChI=1S/C13H24ClN5/c1-5-7-9-18(3)12-15-11(14)16-13(17-12)19(4)10-8-6-2/h5-10H2,1-4H3. The smallest absolute Gasteiger partial charge is 0.231 e. The van der Waals surface area contributed by atoms with Gasteiger partial charge in [0.05, 0.1) is 0 Å². The molecule has 0 aliphatic heterocycles. The molecule has 0 unspecified atom stereocenters. The van der Waals surface area contributed by atoms with Crippen LogP contribution in [0.15, 0.2) is 0 Å². The minimum atomic E-state index is 0.256. The number of hydrogen-bond acceptors (Lipinski definition) is 5. The fourth-order valence-corrected chi connectivity index (χ4v) is 1.81. The zero-order valence-corrected chi connectivity index (χ0v) is 13.1. The second-order valence-electron chi connectivity index (χ2n) is 4.75. The maximum absolute atomic E-state index is 5.99. The average molecular weight is 286 g/mol. The molecular formula is C13H24ClN5. The first-order valence-corrected chi connectivity index (χ1v) is 7.30. The molecule has 1 aromatic heterocycles. The topological polar surface area (TPSA) is 45.2 Å². The predicted molar refractivity (Wildman–Crippen MR) is 81.2 cm³/mol. The van der Waals surface area contributed by atoms with Crippen molar-refractivity contribution in [2.45, 2.75) is 39.5 Å². The molecule has 0 radical (unpaired) electrons. The summed E-state index contributed by atoms with van der Waals surface area (Å²) in [7, 11) is 3.97. The lowest BCUT2D eigenvalue weighted by atomic mass is 10.3. The highest BCUT2D eigenvalue weighted by molar-refractivity contribution is 6.28. The Morgan fingerprint density at radius 3 is 1.63 bits per heavy atom. The summed E-state index contributed by atoms with van der Waals surface area (Å²) in [6.45, 7) is 6.18. The minimum Gasteiger partial charge on any atom is -0.344 e. The zero-order chi connectivity index (χ0) is 14.3. The molecule has 1 rings (SSSR count). The Bertz CT molecular complexity index is 353. The van der Waals surface area contributed by atoms with Crippen molar-refractivity contribution in [1.82, 2.24) is 15.0 Å². The van der Waals surface area contributed by atoms with Crippen LogP contribution < -0.4 is 9.80 Å². The van der Waals surface area contributed by atoms with Gasteiger partial charge in [0.15, 0.2) is 0 Å². The number of rotatable bonds is 8. The molecule has 6 heteroatoms. The first-order chi connectivity index (χ1) is 9.08. The van der Waals surface area contributed by atoms with Crippen LogP contribution in [0.25, 0.3) is 0 Å². The molecule has 5 nitrogen and oxygen atoms in total. The lowest BCUT2D eigenvalue weighted by Crippen LogP contribution is -2.25. The third-order valence-corrected chi connectivity index (χ3v) is 3.13. The molecule has 0 aliphatic rings. The maximum atomic E-state index is 5.99. The van der Waals surface area contributed by atoms with Crippen LogP contribution in [0.3, 0.4) is 0 Å². The van der Waals surface area contributed by atoms with Crippen LogP contribution in [0.4, 0.5) is 11.9 Å². The summed E-state index contributed by atoms with van der Waals surface area (Å²) in [6.07, 6.45) is 4.51. The number of aromatic nitrogens is 3. The highest BCUT2D eigenvalue weighted by Crippen LogP contribution is 2.15. The molecule has 0 N–H and O–H groups in total. The molecule has 0 saturated carbocycles. The van der Waals surface area contributed by atoms with Gasteiger partial charge >= 0.3 is 0 Å². The molecule has 0 fully saturated rings. The Hall–Kier alpha value is -1.10. The molecule has 108 valence electrons. The van der Waals surface area contributed by atoms with E-state index in [1.54, 1.807) is 0 Å². The molecule has 0 spiro atoms. The molecule has 0 amide bonds. The zero-order valence-electron chi connectivity index (χ0n) is 12.4. The van der Waals surface area contributed by atoms with E-state index in [2.05, 4.69) is 28.8 Å². The molecule has 0 aromatic carbocycles. The fraction of sp³-hybridized carbons (Fsp3) is 0.769. The van der Waals surface area contributed by atoms with Gasteiger partial charge in [-0.2, -0.15) is 15.0 Å². The lowest BCUT2D eigenvalue weighted by Gasteiger charge is -2.20. The highest BCUT2D eigenvalue weighted by Gasteiger charge is 2.11. The van der Waals surface area contributed by atoms with Gasteiger partial charge in [0, 0.05) is 27.2 Å². The van der Waals surface area contributed by atoms with Gasteiger partial charge in [-0.3, -0.25) is 0 Å². The van der Waals surface area contributed by atoms with Crippen LogP contribution in [0.1, 0.15) is 39.5 Å². The lowest BCUT2D eigenvalue weighted by molar-refractivity contribution is 0.728. The van der Waals surface area contributed by atoms with Crippen LogP contribution in [-0.4, -0.2) is 42.1 Å². The van der Waals surface area contributed by atoms with E-state index in [-0.39, 0.29) is 5.28 Å². The molecule has 0 bridgehead atoms. The summed E-state index contributed by atoms with van der Waals surface area (Å²) >= 11 is 5.99. The van der Waals surface area contributed by atoms with Crippen LogP contribution in [0, 0.1) is 0 Å². The number of nitrogens with zero attached hydrogens (tertiary/aromatic N) is 5. The summed E-state index contributed by atoms with van der Waals surface area (Å²) in [6, 6.07) is 0. The van der Waals surface area contributed by atoms with Crippen molar-refractivity contribution in [2.75, 3.05) is 37.0 Å². The fourth-order valence-electron chi connectivity index (χ4n) is 1.66. The molecular weight excluding hydrogens is 262 g/mol. The number of unbranched alkanes of at least 4 members (excludes halogenated alkanes) is 2. The van der Waals surface area contributed by atoms with Gasteiger partial charge in [-0.05, 0) is 24.4 Å². The second kappa shape index (κ2) is 8.15. The number of hydrogen-bond donors (Lipinski definition) is 0. The first-order valence-electron chi connectivity index (χ1n) is 6.92. The van der Waals surface area contributed by atoms with E-state index in [1.165, 1.54) is 0 Å². The van der Waals surface area contributed by atoms with E-state index in [1.807, 2.05) is 23.9 Å². The van der Waals surface area contributed by atoms with E-state index in [9.17, 15) is 0 Å². The summed E-state index contributed by atoms with van der Waals surface area (Å²) in [5.41, 5.74) is 0. The highest BCUT2D eigenvalue weighted by atomic mass is 35.5. The van der Waals surface area contributed by atoms with Gasteiger partial charge in [-0.1, -0.05) is 26.7 Å². The quantitative estimate of drug-likeness (QED) is 0.735. The molecule has 0 aliphatic carbocycles. The van der Waals surface area contributed by atoms with Gasteiger partial charge in [0.2, 0.25) is 17.2 Å². The Kier molecular flexibility index (Phi) is 6.84. The van der Waals surface area contributed by atoms with Crippen molar-refractivity contribution in [3.05, 3.63) is 5.28 Å². The Morgan fingerprint density at radius 1 is 0.842 bits per heavy atom. The van der Waals surface area contributed by atoms with Gasteiger partial charge < -0.3 is 9.80 Å². The Labute approximate surface area is 121 Å². The molecule has 0 atom stereocenters. The summed E-state index contributed by atoms with van der Waals surface area (Å²) in [5.74, 6) is 1.29. The molecule has 1 aromatic rings. The summed E-state index contributed by atoms with van der Waals surface area (Å²) in [5, 5.41) is 0.256. The van der Waals surface area contributed by atoms with Gasteiger partial charge in [0.25, 0.3) is 0 Å². The largest absolute Gasteiger partial charge is 0.344 e. The third-order valence-electron chi connectivity index (χ3n) is 2.96. The SMILES string of the molecule is CCCCN(C)c1nc(Cl)nc(N(C)CCCC)n1. The van der Waals surface area contributed by atoms with E-state index in [4.69, 9.17) is 11.6 Å². The first kappa shape index (κ1) is 16.0.